The zero-order valence-electron chi connectivity index (χ0n) is 19.2. The van der Waals surface area contributed by atoms with E-state index in [1.807, 2.05) is 6.07 Å². The number of benzene rings is 2. The van der Waals surface area contributed by atoms with Gasteiger partial charge in [-0.2, -0.15) is 5.26 Å². The average molecular weight is 496 g/mol. The van der Waals surface area contributed by atoms with Crippen LogP contribution in [0.15, 0.2) is 30.3 Å². The van der Waals surface area contributed by atoms with Crippen molar-refractivity contribution in [1.29, 1.82) is 5.26 Å². The van der Waals surface area contributed by atoms with Crippen molar-refractivity contribution in [1.82, 2.24) is 9.80 Å². The van der Waals surface area contributed by atoms with Gasteiger partial charge in [0.15, 0.2) is 0 Å². The number of methoxy groups -OCH3 is 2. The minimum Gasteiger partial charge on any atom is -0.497 e. The van der Waals surface area contributed by atoms with E-state index in [-0.39, 0.29) is 22.7 Å². The number of urea groups is 2. The number of likely N-dealkylation sites (tertiary alicyclic amines) is 1. The zero-order valence-corrected chi connectivity index (χ0v) is 20.0. The van der Waals surface area contributed by atoms with Crippen LogP contribution >= 0.6 is 11.6 Å². The lowest BCUT2D eigenvalue weighted by Gasteiger charge is -2.34. The first-order chi connectivity index (χ1) is 16.8. The standard InChI is InChI=1S/C24H22ClN5O5/c1-12-18(5-4-13(10-26)20(12)25)30-22(31)21-19-8-15(29(21)24(30)33)11-28(19)23(32)27-14-6-16(34-2)9-17(7-14)35-3/h4-7,9,15,19,21H,8,11H2,1-3H3,(H,27,32)/t15-,19?,21-/m1/s1. The number of amides is 5. The van der Waals surface area contributed by atoms with Gasteiger partial charge in [0, 0.05) is 30.4 Å². The summed E-state index contributed by atoms with van der Waals surface area (Å²) in [6.07, 6.45) is 0.526. The summed E-state index contributed by atoms with van der Waals surface area (Å²) in [4.78, 5) is 44.2. The third kappa shape index (κ3) is 3.42. The Balaban J connectivity index is 1.39. The lowest BCUT2D eigenvalue weighted by atomic mass is 10.1. The molecule has 3 heterocycles. The van der Waals surface area contributed by atoms with E-state index in [4.69, 9.17) is 21.1 Å². The summed E-state index contributed by atoms with van der Waals surface area (Å²) in [5.41, 5.74) is 1.58. The van der Waals surface area contributed by atoms with Crippen LogP contribution in [-0.2, 0) is 4.79 Å². The molecular weight excluding hydrogens is 474 g/mol. The molecule has 35 heavy (non-hydrogen) atoms. The van der Waals surface area contributed by atoms with E-state index in [0.717, 1.165) is 4.90 Å². The SMILES string of the molecule is COc1cc(NC(=O)N2C[C@H]3CC2[C@@H]2C(=O)N(c4ccc(C#N)c(Cl)c4C)C(=O)N32)cc(OC)c1. The molecule has 3 fully saturated rings. The molecule has 0 radical (unpaired) electrons. The molecule has 3 atom stereocenters. The van der Waals surface area contributed by atoms with Crippen molar-refractivity contribution in [3.05, 3.63) is 46.5 Å². The first kappa shape index (κ1) is 22.8. The molecule has 10 nitrogen and oxygen atoms in total. The molecule has 2 aromatic rings. The molecule has 3 aliphatic heterocycles. The summed E-state index contributed by atoms with van der Waals surface area (Å²) in [6.45, 7) is 1.98. The number of imide groups is 1. The predicted molar refractivity (Wildman–Crippen MR) is 127 cm³/mol. The molecule has 0 aliphatic carbocycles. The molecule has 1 unspecified atom stereocenters. The van der Waals surface area contributed by atoms with Gasteiger partial charge >= 0.3 is 12.1 Å². The maximum absolute atomic E-state index is 13.5. The second-order valence-electron chi connectivity index (χ2n) is 8.63. The molecule has 2 bridgehead atoms. The number of rotatable bonds is 4. The number of anilines is 2. The van der Waals surface area contributed by atoms with E-state index in [0.29, 0.717) is 41.4 Å². The first-order valence-electron chi connectivity index (χ1n) is 10.9. The molecule has 5 rings (SSSR count). The Labute approximate surface area is 206 Å². The van der Waals surface area contributed by atoms with Crippen molar-refractivity contribution in [3.8, 4) is 17.6 Å². The minimum atomic E-state index is -0.777. The Kier molecular flexibility index (Phi) is 5.44. The van der Waals surface area contributed by atoms with Crippen LogP contribution in [0.2, 0.25) is 5.02 Å². The van der Waals surface area contributed by atoms with Crippen LogP contribution in [0.5, 0.6) is 11.5 Å². The summed E-state index contributed by atoms with van der Waals surface area (Å²) in [5.74, 6) is 0.641. The zero-order chi connectivity index (χ0) is 25.0. The van der Waals surface area contributed by atoms with Gasteiger partial charge in [-0.05, 0) is 31.0 Å². The Morgan fingerprint density at radius 1 is 1.17 bits per heavy atom. The molecule has 2 aromatic carbocycles. The fourth-order valence-corrected chi connectivity index (χ4v) is 5.39. The Bertz CT molecular complexity index is 1290. The number of nitriles is 1. The van der Waals surface area contributed by atoms with Crippen LogP contribution in [0, 0.1) is 18.3 Å². The number of nitrogens with zero attached hydrogens (tertiary/aromatic N) is 4. The lowest BCUT2D eigenvalue weighted by Crippen LogP contribution is -2.55. The monoisotopic (exact) mass is 495 g/mol. The highest BCUT2D eigenvalue weighted by atomic mass is 35.5. The third-order valence-electron chi connectivity index (χ3n) is 6.85. The van der Waals surface area contributed by atoms with Gasteiger partial charge in [-0.25, -0.2) is 14.5 Å². The normalized spacial score (nSPS) is 22.4. The van der Waals surface area contributed by atoms with Gasteiger partial charge in [0.05, 0.1) is 42.6 Å². The van der Waals surface area contributed by atoms with Gasteiger partial charge < -0.3 is 24.6 Å². The van der Waals surface area contributed by atoms with Gasteiger partial charge in [-0.1, -0.05) is 11.6 Å². The van der Waals surface area contributed by atoms with Crippen LogP contribution < -0.4 is 19.7 Å². The molecule has 1 N–H and O–H groups in total. The van der Waals surface area contributed by atoms with E-state index in [2.05, 4.69) is 5.32 Å². The molecule has 0 spiro atoms. The molecule has 0 saturated carbocycles. The van der Waals surface area contributed by atoms with E-state index in [9.17, 15) is 19.6 Å². The van der Waals surface area contributed by atoms with Crippen LogP contribution in [0.25, 0.3) is 0 Å². The van der Waals surface area contributed by atoms with Crippen molar-refractivity contribution < 1.29 is 23.9 Å². The Hall–Kier alpha value is -3.97. The third-order valence-corrected chi connectivity index (χ3v) is 7.33. The van der Waals surface area contributed by atoms with E-state index < -0.39 is 24.0 Å². The van der Waals surface area contributed by atoms with Crippen molar-refractivity contribution in [2.24, 2.45) is 0 Å². The predicted octanol–water partition coefficient (Wildman–Crippen LogP) is 3.36. The van der Waals surface area contributed by atoms with Crippen LogP contribution in [0.1, 0.15) is 17.5 Å². The number of hydrogen-bond acceptors (Lipinski definition) is 6. The molecular formula is C24H22ClN5O5. The largest absolute Gasteiger partial charge is 0.497 e. The number of carbonyl (C=O) groups excluding carboxylic acids is 3. The van der Waals surface area contributed by atoms with E-state index >= 15 is 0 Å². The van der Waals surface area contributed by atoms with Gasteiger partial charge in [-0.15, -0.1) is 0 Å². The molecule has 3 aliphatic rings. The Morgan fingerprint density at radius 3 is 2.49 bits per heavy atom. The Morgan fingerprint density at radius 2 is 1.86 bits per heavy atom. The van der Waals surface area contributed by atoms with Crippen molar-refractivity contribution in [2.45, 2.75) is 31.5 Å². The van der Waals surface area contributed by atoms with Crippen molar-refractivity contribution >= 4 is 40.9 Å². The summed E-state index contributed by atoms with van der Waals surface area (Å²) in [7, 11) is 3.04. The summed E-state index contributed by atoms with van der Waals surface area (Å²) in [5, 5.41) is 12.3. The quantitative estimate of drug-likeness (QED) is 0.650. The van der Waals surface area contributed by atoms with E-state index in [1.54, 1.807) is 41.0 Å². The van der Waals surface area contributed by atoms with Gasteiger partial charge in [-0.3, -0.25) is 4.79 Å². The summed E-state index contributed by atoms with van der Waals surface area (Å²) >= 11 is 6.28. The van der Waals surface area contributed by atoms with Crippen molar-refractivity contribution in [2.75, 3.05) is 31.0 Å². The van der Waals surface area contributed by atoms with Crippen LogP contribution in [-0.4, -0.2) is 66.7 Å². The second-order valence-corrected chi connectivity index (χ2v) is 9.01. The van der Waals surface area contributed by atoms with E-state index in [1.165, 1.54) is 20.3 Å². The first-order valence-corrected chi connectivity index (χ1v) is 11.3. The molecule has 11 heteroatoms. The number of fused-ring (bicyclic) bond motifs is 5. The topological polar surface area (TPSA) is 115 Å². The van der Waals surface area contributed by atoms with Crippen LogP contribution in [0.3, 0.4) is 0 Å². The number of halogens is 1. The van der Waals surface area contributed by atoms with Gasteiger partial charge in [0.25, 0.3) is 5.91 Å². The second kappa shape index (κ2) is 8.36. The number of hydrogen-bond donors (Lipinski definition) is 1. The lowest BCUT2D eigenvalue weighted by molar-refractivity contribution is -0.120. The number of nitrogens with one attached hydrogen (secondary N) is 1. The van der Waals surface area contributed by atoms with Crippen molar-refractivity contribution in [3.63, 3.8) is 0 Å². The molecule has 180 valence electrons. The highest BCUT2D eigenvalue weighted by molar-refractivity contribution is 6.33. The number of carbonyl (C=O) groups is 3. The maximum Gasteiger partial charge on any atom is 0.332 e. The average Bonchev–Trinajstić information content (AvgIpc) is 3.52. The number of piperazine rings is 1. The van der Waals surface area contributed by atoms with Crippen LogP contribution in [0.4, 0.5) is 21.0 Å². The summed E-state index contributed by atoms with van der Waals surface area (Å²) < 4.78 is 10.5. The molecule has 0 aromatic heterocycles. The highest BCUT2D eigenvalue weighted by Crippen LogP contribution is 2.44. The molecule has 3 saturated heterocycles. The smallest absolute Gasteiger partial charge is 0.332 e. The molecule has 5 amide bonds. The minimum absolute atomic E-state index is 0.204. The van der Waals surface area contributed by atoms with Gasteiger partial charge in [0.2, 0.25) is 0 Å². The van der Waals surface area contributed by atoms with Gasteiger partial charge in [0.1, 0.15) is 23.6 Å². The maximum atomic E-state index is 13.5. The summed E-state index contributed by atoms with van der Waals surface area (Å²) in [6, 6.07) is 7.77. The fraction of sp³-hybridized carbons (Fsp3) is 0.333. The number of ether oxygens (including phenoxy) is 2. The fourth-order valence-electron chi connectivity index (χ4n) is 5.19. The highest BCUT2D eigenvalue weighted by Gasteiger charge is 2.63.